The lowest BCUT2D eigenvalue weighted by molar-refractivity contribution is 1.04. The molecule has 234 valence electrons. The molecule has 0 amide bonds. The highest BCUT2D eigenvalue weighted by molar-refractivity contribution is 6.12. The number of hydrogen-bond acceptors (Lipinski definition) is 2. The van der Waals surface area contributed by atoms with Crippen LogP contribution < -0.4 is 0 Å². The monoisotopic (exact) mass is 638 g/mol. The third-order valence-corrected chi connectivity index (χ3v) is 9.81. The standard InChI is InChI=1S/C46H30N4/c1-3-11-31(12-4-1)32-19-21-33(22-20-32)46-47-28-27-45(48-46)50-42-18-10-8-16-38(42)40-30-35(24-26-44(40)50)34-23-25-43-39(29-34)37-15-7-9-17-41(37)49(43)36-13-5-2-6-14-36/h1-30H. The molecular formula is C46H30N4. The number of hydrogen-bond donors (Lipinski definition) is 0. The van der Waals surface area contributed by atoms with Crippen LogP contribution in [-0.4, -0.2) is 19.1 Å². The molecule has 0 saturated carbocycles. The van der Waals surface area contributed by atoms with E-state index in [9.17, 15) is 0 Å². The lowest BCUT2D eigenvalue weighted by Crippen LogP contribution is -2.00. The predicted octanol–water partition coefficient (Wildman–Crippen LogP) is 11.7. The van der Waals surface area contributed by atoms with E-state index in [0.717, 1.165) is 28.1 Å². The molecule has 7 aromatic carbocycles. The highest BCUT2D eigenvalue weighted by Gasteiger charge is 2.17. The summed E-state index contributed by atoms with van der Waals surface area (Å²) < 4.78 is 4.62. The topological polar surface area (TPSA) is 35.6 Å². The lowest BCUT2D eigenvalue weighted by Gasteiger charge is -2.10. The van der Waals surface area contributed by atoms with Crippen molar-refractivity contribution >= 4 is 43.6 Å². The second-order valence-electron chi connectivity index (χ2n) is 12.7. The van der Waals surface area contributed by atoms with Crippen LogP contribution in [0.15, 0.2) is 182 Å². The highest BCUT2D eigenvalue weighted by atomic mass is 15.1. The van der Waals surface area contributed by atoms with Gasteiger partial charge in [0.15, 0.2) is 5.82 Å². The van der Waals surface area contributed by atoms with E-state index in [1.54, 1.807) is 0 Å². The van der Waals surface area contributed by atoms with Crippen molar-refractivity contribution in [2.24, 2.45) is 0 Å². The molecule has 10 rings (SSSR count). The van der Waals surface area contributed by atoms with Gasteiger partial charge in [0.25, 0.3) is 0 Å². The summed E-state index contributed by atoms with van der Waals surface area (Å²) in [5, 5.41) is 4.88. The highest BCUT2D eigenvalue weighted by Crippen LogP contribution is 2.38. The van der Waals surface area contributed by atoms with Gasteiger partial charge in [-0.25, -0.2) is 9.97 Å². The van der Waals surface area contributed by atoms with E-state index in [1.807, 2.05) is 18.3 Å². The number of fused-ring (bicyclic) bond motifs is 6. The van der Waals surface area contributed by atoms with Crippen molar-refractivity contribution in [3.63, 3.8) is 0 Å². The third kappa shape index (κ3) is 4.54. The molecular weight excluding hydrogens is 609 g/mol. The minimum Gasteiger partial charge on any atom is -0.309 e. The Hall–Kier alpha value is -6.78. The summed E-state index contributed by atoms with van der Waals surface area (Å²) in [7, 11) is 0. The molecule has 0 saturated heterocycles. The van der Waals surface area contributed by atoms with Gasteiger partial charge in [-0.1, -0.05) is 121 Å². The van der Waals surface area contributed by atoms with Gasteiger partial charge < -0.3 is 4.57 Å². The number of para-hydroxylation sites is 3. The van der Waals surface area contributed by atoms with E-state index in [-0.39, 0.29) is 0 Å². The Bertz CT molecular complexity index is 2850. The van der Waals surface area contributed by atoms with E-state index < -0.39 is 0 Å². The largest absolute Gasteiger partial charge is 0.309 e. The summed E-state index contributed by atoms with van der Waals surface area (Å²) in [6.45, 7) is 0. The van der Waals surface area contributed by atoms with E-state index in [0.29, 0.717) is 5.82 Å². The normalized spacial score (nSPS) is 11.6. The van der Waals surface area contributed by atoms with Crippen molar-refractivity contribution in [1.29, 1.82) is 0 Å². The molecule has 3 aromatic heterocycles. The average Bonchev–Trinajstić information content (AvgIpc) is 3.71. The van der Waals surface area contributed by atoms with E-state index in [2.05, 4.69) is 178 Å². The smallest absolute Gasteiger partial charge is 0.161 e. The van der Waals surface area contributed by atoms with Crippen LogP contribution in [-0.2, 0) is 0 Å². The maximum absolute atomic E-state index is 5.11. The summed E-state index contributed by atoms with van der Waals surface area (Å²) in [4.78, 5) is 9.79. The SMILES string of the molecule is c1ccc(-c2ccc(-c3nccc(-n4c5ccccc5c5cc(-c6ccc7c(c6)c6ccccc6n7-c6ccccc6)ccc54)n3)cc2)cc1. The first-order valence-corrected chi connectivity index (χ1v) is 16.9. The molecule has 0 N–H and O–H groups in total. The van der Waals surface area contributed by atoms with Crippen LogP contribution in [0.5, 0.6) is 0 Å². The van der Waals surface area contributed by atoms with Crippen LogP contribution >= 0.6 is 0 Å². The van der Waals surface area contributed by atoms with Crippen molar-refractivity contribution in [1.82, 2.24) is 19.1 Å². The van der Waals surface area contributed by atoms with Crippen LogP contribution in [0.25, 0.3) is 88.8 Å². The molecule has 0 aliphatic rings. The minimum atomic E-state index is 0.702. The molecule has 4 heteroatoms. The minimum absolute atomic E-state index is 0.702. The number of rotatable bonds is 5. The molecule has 0 fully saturated rings. The molecule has 0 spiro atoms. The molecule has 50 heavy (non-hydrogen) atoms. The number of nitrogens with zero attached hydrogens (tertiary/aromatic N) is 4. The van der Waals surface area contributed by atoms with E-state index >= 15 is 0 Å². The second-order valence-corrected chi connectivity index (χ2v) is 12.7. The maximum atomic E-state index is 5.11. The fourth-order valence-electron chi connectivity index (χ4n) is 7.46. The van der Waals surface area contributed by atoms with Crippen LogP contribution in [0.4, 0.5) is 0 Å². The fraction of sp³-hybridized carbons (Fsp3) is 0. The van der Waals surface area contributed by atoms with Gasteiger partial charge in [0, 0.05) is 39.0 Å². The van der Waals surface area contributed by atoms with Crippen LogP contribution in [0.1, 0.15) is 0 Å². The van der Waals surface area contributed by atoms with E-state index in [1.165, 1.54) is 54.8 Å². The fourth-order valence-corrected chi connectivity index (χ4v) is 7.46. The maximum Gasteiger partial charge on any atom is 0.161 e. The van der Waals surface area contributed by atoms with Crippen molar-refractivity contribution < 1.29 is 0 Å². The van der Waals surface area contributed by atoms with Gasteiger partial charge in [-0.15, -0.1) is 0 Å². The Labute approximate surface area is 289 Å². The Morgan fingerprint density at radius 2 is 0.820 bits per heavy atom. The molecule has 0 unspecified atom stereocenters. The first-order chi connectivity index (χ1) is 24.8. The predicted molar refractivity (Wildman–Crippen MR) is 207 cm³/mol. The zero-order chi connectivity index (χ0) is 33.0. The third-order valence-electron chi connectivity index (χ3n) is 9.81. The number of aromatic nitrogens is 4. The Morgan fingerprint density at radius 1 is 0.340 bits per heavy atom. The van der Waals surface area contributed by atoms with Gasteiger partial charge in [0.05, 0.1) is 22.1 Å². The van der Waals surface area contributed by atoms with Gasteiger partial charge in [0.2, 0.25) is 0 Å². The molecule has 0 radical (unpaired) electrons. The summed E-state index contributed by atoms with van der Waals surface area (Å²) in [6, 6.07) is 62.5. The van der Waals surface area contributed by atoms with Gasteiger partial charge in [-0.05, 0) is 76.9 Å². The zero-order valence-electron chi connectivity index (χ0n) is 27.1. The summed E-state index contributed by atoms with van der Waals surface area (Å²) >= 11 is 0. The van der Waals surface area contributed by atoms with Crippen LogP contribution in [0, 0.1) is 0 Å². The van der Waals surface area contributed by atoms with Gasteiger partial charge in [-0.2, -0.15) is 0 Å². The Balaban J connectivity index is 1.08. The van der Waals surface area contributed by atoms with Gasteiger partial charge >= 0.3 is 0 Å². The van der Waals surface area contributed by atoms with Gasteiger partial charge in [0.1, 0.15) is 5.82 Å². The van der Waals surface area contributed by atoms with Crippen molar-refractivity contribution in [3.8, 4) is 45.1 Å². The second kappa shape index (κ2) is 11.4. The average molecular weight is 639 g/mol. The molecule has 0 bridgehead atoms. The first kappa shape index (κ1) is 28.3. The van der Waals surface area contributed by atoms with Crippen molar-refractivity contribution in [2.45, 2.75) is 0 Å². The lowest BCUT2D eigenvalue weighted by atomic mass is 10.0. The summed E-state index contributed by atoms with van der Waals surface area (Å²) in [6.07, 6.45) is 1.86. The Morgan fingerprint density at radius 3 is 1.48 bits per heavy atom. The number of benzene rings is 7. The quantitative estimate of drug-likeness (QED) is 0.188. The van der Waals surface area contributed by atoms with Crippen molar-refractivity contribution in [3.05, 3.63) is 182 Å². The molecule has 0 atom stereocenters. The van der Waals surface area contributed by atoms with Crippen LogP contribution in [0.2, 0.25) is 0 Å². The molecule has 0 aliphatic carbocycles. The summed E-state index contributed by atoms with van der Waals surface area (Å²) in [5.41, 5.74) is 11.5. The molecule has 0 aliphatic heterocycles. The first-order valence-electron chi connectivity index (χ1n) is 16.9. The Kier molecular flexibility index (Phi) is 6.46. The molecule has 10 aromatic rings. The molecule has 3 heterocycles. The van der Waals surface area contributed by atoms with Crippen molar-refractivity contribution in [2.75, 3.05) is 0 Å². The van der Waals surface area contributed by atoms with Crippen LogP contribution in [0.3, 0.4) is 0 Å². The zero-order valence-corrected chi connectivity index (χ0v) is 27.1. The van der Waals surface area contributed by atoms with E-state index in [4.69, 9.17) is 4.98 Å². The molecule has 4 nitrogen and oxygen atoms in total. The van der Waals surface area contributed by atoms with Gasteiger partial charge in [-0.3, -0.25) is 4.57 Å². The summed E-state index contributed by atoms with van der Waals surface area (Å²) in [5.74, 6) is 1.55.